The van der Waals surface area contributed by atoms with Crippen LogP contribution >= 0.6 is 0 Å². The molecule has 3 rings (SSSR count). The highest BCUT2D eigenvalue weighted by Crippen LogP contribution is 2.35. The third-order valence-electron chi connectivity index (χ3n) is 3.97. The number of rotatable bonds is 5. The number of fused-ring (bicyclic) bond motifs is 1. The Morgan fingerprint density at radius 2 is 2.05 bits per heavy atom. The van der Waals surface area contributed by atoms with Gasteiger partial charge < -0.3 is 10.2 Å². The Balaban J connectivity index is 1.84. The second-order valence-corrected chi connectivity index (χ2v) is 6.12. The Morgan fingerprint density at radius 1 is 1.30 bits per heavy atom. The molecule has 0 radical (unpaired) electrons. The molecular formula is C16H20N2O2. The van der Waals surface area contributed by atoms with Crippen LogP contribution in [0.25, 0.3) is 0 Å². The van der Waals surface area contributed by atoms with Crippen LogP contribution in [0.5, 0.6) is 0 Å². The lowest BCUT2D eigenvalue weighted by Crippen LogP contribution is -2.27. The summed E-state index contributed by atoms with van der Waals surface area (Å²) in [6, 6.07) is 6.31. The van der Waals surface area contributed by atoms with Crippen LogP contribution in [0.4, 0.5) is 11.4 Å². The smallest absolute Gasteiger partial charge is 0.296 e. The van der Waals surface area contributed by atoms with Crippen molar-refractivity contribution in [2.24, 2.45) is 5.92 Å². The van der Waals surface area contributed by atoms with E-state index in [1.54, 1.807) is 6.07 Å². The lowest BCUT2D eigenvalue weighted by Gasteiger charge is -2.26. The van der Waals surface area contributed by atoms with Gasteiger partial charge in [0.15, 0.2) is 0 Å². The molecule has 0 atom stereocenters. The molecule has 0 saturated heterocycles. The molecule has 1 heterocycles. The minimum absolute atomic E-state index is 0.424. The Kier molecular flexibility index (Phi) is 3.24. The van der Waals surface area contributed by atoms with Crippen molar-refractivity contribution < 1.29 is 9.59 Å². The fraction of sp³-hybridized carbons (Fsp3) is 0.500. The summed E-state index contributed by atoms with van der Waals surface area (Å²) in [4.78, 5) is 25.4. The number of nitrogens with zero attached hydrogens (tertiary/aromatic N) is 1. The number of carbonyl (C=O) groups excluding carboxylic acids is 2. The van der Waals surface area contributed by atoms with E-state index in [-0.39, 0.29) is 0 Å². The summed E-state index contributed by atoms with van der Waals surface area (Å²) in [5, 5.41) is 2.65. The monoisotopic (exact) mass is 272 g/mol. The summed E-state index contributed by atoms with van der Waals surface area (Å²) in [7, 11) is 0. The number of carbonyl (C=O) groups is 2. The molecule has 2 aliphatic rings. The van der Waals surface area contributed by atoms with Crippen LogP contribution in [0.2, 0.25) is 0 Å². The third kappa shape index (κ3) is 2.42. The normalized spacial score (nSPS) is 17.4. The van der Waals surface area contributed by atoms with Crippen LogP contribution in [0, 0.1) is 5.92 Å². The summed E-state index contributed by atoms with van der Waals surface area (Å²) in [6.07, 6.45) is 3.62. The second kappa shape index (κ2) is 4.93. The van der Waals surface area contributed by atoms with E-state index in [1.165, 1.54) is 12.8 Å². The van der Waals surface area contributed by atoms with Crippen molar-refractivity contribution in [1.82, 2.24) is 0 Å². The van der Waals surface area contributed by atoms with Crippen LogP contribution in [-0.2, 0) is 4.79 Å². The van der Waals surface area contributed by atoms with Crippen LogP contribution in [0.15, 0.2) is 18.2 Å². The molecular weight excluding hydrogens is 252 g/mol. The zero-order valence-corrected chi connectivity index (χ0v) is 12.0. The van der Waals surface area contributed by atoms with Gasteiger partial charge in [0, 0.05) is 18.3 Å². The highest BCUT2D eigenvalue weighted by atomic mass is 16.2. The average Bonchev–Trinajstić information content (AvgIpc) is 3.18. The molecule has 20 heavy (non-hydrogen) atoms. The number of hydrogen-bond donors (Lipinski definition) is 1. The van der Waals surface area contributed by atoms with Gasteiger partial charge in [-0.15, -0.1) is 0 Å². The topological polar surface area (TPSA) is 49.4 Å². The molecule has 1 aliphatic heterocycles. The number of Topliss-reactive ketones (excluding diaryl/α,β-unsaturated/α-hetero) is 1. The minimum atomic E-state index is -0.516. The molecule has 1 N–H and O–H groups in total. The van der Waals surface area contributed by atoms with Gasteiger partial charge in [-0.2, -0.15) is 0 Å². The predicted molar refractivity (Wildman–Crippen MR) is 79.2 cm³/mol. The first-order valence-electron chi connectivity index (χ1n) is 7.32. The van der Waals surface area contributed by atoms with Crippen LogP contribution in [0.3, 0.4) is 0 Å². The number of nitrogens with one attached hydrogen (secondary N) is 1. The summed E-state index contributed by atoms with van der Waals surface area (Å²) in [5.74, 6) is -0.268. The standard InChI is InChI=1S/C16H20N2O2/c1-10(2)7-8-18(11-3-4-11)12-5-6-13-14(9-12)17-16(20)15(13)19/h5-6,9-11H,3-4,7-8H2,1-2H3,(H,17,19,20). The van der Waals surface area contributed by atoms with Gasteiger partial charge in [-0.25, -0.2) is 0 Å². The zero-order valence-electron chi connectivity index (χ0n) is 12.0. The summed E-state index contributed by atoms with van der Waals surface area (Å²) in [5.41, 5.74) is 2.27. The summed E-state index contributed by atoms with van der Waals surface area (Å²) < 4.78 is 0. The Hall–Kier alpha value is -1.84. The summed E-state index contributed by atoms with van der Waals surface area (Å²) >= 11 is 0. The van der Waals surface area contributed by atoms with Crippen molar-refractivity contribution in [1.29, 1.82) is 0 Å². The van der Waals surface area contributed by atoms with Gasteiger partial charge in [0.2, 0.25) is 0 Å². The fourth-order valence-corrected chi connectivity index (χ4v) is 2.62. The quantitative estimate of drug-likeness (QED) is 0.838. The average molecular weight is 272 g/mol. The lowest BCUT2D eigenvalue weighted by molar-refractivity contribution is -0.112. The first-order valence-corrected chi connectivity index (χ1v) is 7.32. The maximum absolute atomic E-state index is 11.6. The number of hydrogen-bond acceptors (Lipinski definition) is 3. The molecule has 1 aliphatic carbocycles. The number of amides is 1. The maximum atomic E-state index is 11.6. The predicted octanol–water partition coefficient (Wildman–Crippen LogP) is 2.84. The molecule has 1 amide bonds. The summed E-state index contributed by atoms with van der Waals surface area (Å²) in [6.45, 7) is 5.49. The van der Waals surface area contributed by atoms with Crippen LogP contribution in [0.1, 0.15) is 43.5 Å². The van der Waals surface area contributed by atoms with Gasteiger partial charge in [0.25, 0.3) is 11.7 Å². The molecule has 0 spiro atoms. The minimum Gasteiger partial charge on any atom is -0.368 e. The van der Waals surface area contributed by atoms with Gasteiger partial charge >= 0.3 is 0 Å². The molecule has 1 aromatic rings. The van der Waals surface area contributed by atoms with Gasteiger partial charge in [-0.3, -0.25) is 9.59 Å². The van der Waals surface area contributed by atoms with Gasteiger partial charge in [-0.1, -0.05) is 13.8 Å². The number of anilines is 2. The molecule has 4 heteroatoms. The van der Waals surface area contributed by atoms with Crippen LogP contribution in [-0.4, -0.2) is 24.3 Å². The van der Waals surface area contributed by atoms with Crippen molar-refractivity contribution in [2.75, 3.05) is 16.8 Å². The van der Waals surface area contributed by atoms with Crippen LogP contribution < -0.4 is 10.2 Å². The first kappa shape index (κ1) is 13.2. The Bertz CT molecular complexity index is 562. The van der Waals surface area contributed by atoms with Gasteiger partial charge in [0.05, 0.1) is 11.3 Å². The van der Waals surface area contributed by atoms with Crippen molar-refractivity contribution in [2.45, 2.75) is 39.2 Å². The molecule has 4 nitrogen and oxygen atoms in total. The fourth-order valence-electron chi connectivity index (χ4n) is 2.62. The lowest BCUT2D eigenvalue weighted by atomic mass is 10.1. The zero-order chi connectivity index (χ0) is 14.3. The highest BCUT2D eigenvalue weighted by molar-refractivity contribution is 6.51. The third-order valence-corrected chi connectivity index (χ3v) is 3.97. The maximum Gasteiger partial charge on any atom is 0.296 e. The first-order chi connectivity index (χ1) is 9.56. The molecule has 0 bridgehead atoms. The molecule has 106 valence electrons. The molecule has 0 unspecified atom stereocenters. The van der Waals surface area contributed by atoms with Crippen molar-refractivity contribution in [3.05, 3.63) is 23.8 Å². The number of ketones is 1. The van der Waals surface area contributed by atoms with Crippen molar-refractivity contribution in [3.63, 3.8) is 0 Å². The van der Waals surface area contributed by atoms with E-state index in [0.29, 0.717) is 23.2 Å². The van der Waals surface area contributed by atoms with Crippen molar-refractivity contribution in [3.8, 4) is 0 Å². The van der Waals surface area contributed by atoms with Gasteiger partial charge in [0.1, 0.15) is 0 Å². The van der Waals surface area contributed by atoms with E-state index in [4.69, 9.17) is 0 Å². The van der Waals surface area contributed by atoms with Crippen molar-refractivity contribution >= 4 is 23.1 Å². The Labute approximate surface area is 119 Å². The molecule has 0 aromatic heterocycles. The number of benzene rings is 1. The molecule has 1 fully saturated rings. The van der Waals surface area contributed by atoms with E-state index in [1.807, 2.05) is 12.1 Å². The van der Waals surface area contributed by atoms with E-state index >= 15 is 0 Å². The molecule has 1 aromatic carbocycles. The Morgan fingerprint density at radius 3 is 2.70 bits per heavy atom. The second-order valence-electron chi connectivity index (χ2n) is 6.12. The van der Waals surface area contributed by atoms with E-state index in [9.17, 15) is 9.59 Å². The van der Waals surface area contributed by atoms with E-state index in [2.05, 4.69) is 24.1 Å². The largest absolute Gasteiger partial charge is 0.368 e. The van der Waals surface area contributed by atoms with Gasteiger partial charge in [-0.05, 0) is 43.4 Å². The SMILES string of the molecule is CC(C)CCN(c1ccc2c(c1)NC(=O)C2=O)C1CC1. The van der Waals surface area contributed by atoms with E-state index in [0.717, 1.165) is 18.7 Å². The molecule has 1 saturated carbocycles. The highest BCUT2D eigenvalue weighted by Gasteiger charge is 2.32. The van der Waals surface area contributed by atoms with E-state index < -0.39 is 11.7 Å².